The van der Waals surface area contributed by atoms with Gasteiger partial charge in [0, 0.05) is 13.6 Å². The summed E-state index contributed by atoms with van der Waals surface area (Å²) in [5.41, 5.74) is 7.77. The van der Waals surface area contributed by atoms with Gasteiger partial charge in [0.05, 0.1) is 17.9 Å². The molecule has 1 aliphatic rings. The molecule has 0 spiro atoms. The highest BCUT2D eigenvalue weighted by molar-refractivity contribution is 5.30. The first kappa shape index (κ1) is 12.4. The van der Waals surface area contributed by atoms with Gasteiger partial charge in [-0.15, -0.1) is 0 Å². The number of nitrogens with zero attached hydrogens (tertiary/aromatic N) is 2. The zero-order chi connectivity index (χ0) is 12.3. The van der Waals surface area contributed by atoms with E-state index in [1.165, 1.54) is 32.1 Å². The van der Waals surface area contributed by atoms with Crippen molar-refractivity contribution in [2.75, 3.05) is 6.61 Å². The van der Waals surface area contributed by atoms with Crippen LogP contribution in [0.15, 0.2) is 0 Å². The van der Waals surface area contributed by atoms with E-state index >= 15 is 0 Å². The van der Waals surface area contributed by atoms with E-state index < -0.39 is 0 Å². The SMILES string of the molecule is Cc1nn(C)c(OCC2CCCCC2)c1CN. The summed E-state index contributed by atoms with van der Waals surface area (Å²) >= 11 is 0. The molecular weight excluding hydrogens is 214 g/mol. The molecule has 1 aliphatic carbocycles. The van der Waals surface area contributed by atoms with Crippen LogP contribution < -0.4 is 10.5 Å². The van der Waals surface area contributed by atoms with Crippen LogP contribution in [0.1, 0.15) is 43.4 Å². The number of nitrogens with two attached hydrogens (primary N) is 1. The van der Waals surface area contributed by atoms with Crippen molar-refractivity contribution in [1.29, 1.82) is 0 Å². The van der Waals surface area contributed by atoms with Crippen molar-refractivity contribution >= 4 is 0 Å². The Kier molecular flexibility index (Phi) is 4.05. The summed E-state index contributed by atoms with van der Waals surface area (Å²) in [5.74, 6) is 1.57. The highest BCUT2D eigenvalue weighted by atomic mass is 16.5. The van der Waals surface area contributed by atoms with Gasteiger partial charge in [0.15, 0.2) is 0 Å². The first-order valence-corrected chi connectivity index (χ1v) is 6.57. The van der Waals surface area contributed by atoms with Crippen molar-refractivity contribution < 1.29 is 4.74 Å². The number of aryl methyl sites for hydroxylation is 2. The fraction of sp³-hybridized carbons (Fsp3) is 0.769. The molecule has 0 saturated heterocycles. The lowest BCUT2D eigenvalue weighted by Gasteiger charge is -2.21. The highest BCUT2D eigenvalue weighted by Gasteiger charge is 2.17. The molecule has 1 fully saturated rings. The zero-order valence-corrected chi connectivity index (χ0v) is 10.9. The minimum absolute atomic E-state index is 0.500. The van der Waals surface area contributed by atoms with E-state index in [-0.39, 0.29) is 0 Å². The van der Waals surface area contributed by atoms with Crippen LogP contribution >= 0.6 is 0 Å². The maximum absolute atomic E-state index is 5.94. The van der Waals surface area contributed by atoms with Crippen LogP contribution in [0.4, 0.5) is 0 Å². The second-order valence-electron chi connectivity index (χ2n) is 5.01. The molecular formula is C13H23N3O. The van der Waals surface area contributed by atoms with Crippen LogP contribution in [-0.2, 0) is 13.6 Å². The lowest BCUT2D eigenvalue weighted by atomic mass is 9.90. The third-order valence-corrected chi connectivity index (χ3v) is 3.67. The lowest BCUT2D eigenvalue weighted by Crippen LogP contribution is -2.17. The van der Waals surface area contributed by atoms with E-state index in [0.717, 1.165) is 23.7 Å². The first-order valence-electron chi connectivity index (χ1n) is 6.57. The second kappa shape index (κ2) is 5.54. The van der Waals surface area contributed by atoms with Gasteiger partial charge in [-0.1, -0.05) is 19.3 Å². The quantitative estimate of drug-likeness (QED) is 0.873. The highest BCUT2D eigenvalue weighted by Crippen LogP contribution is 2.26. The molecule has 2 rings (SSSR count). The molecule has 1 aromatic heterocycles. The van der Waals surface area contributed by atoms with E-state index in [2.05, 4.69) is 5.10 Å². The summed E-state index contributed by atoms with van der Waals surface area (Å²) in [6.07, 6.45) is 6.68. The number of hydrogen-bond donors (Lipinski definition) is 1. The predicted octanol–water partition coefficient (Wildman–Crippen LogP) is 2.15. The van der Waals surface area contributed by atoms with Gasteiger partial charge in [-0.05, 0) is 25.7 Å². The minimum atomic E-state index is 0.500. The van der Waals surface area contributed by atoms with Crippen molar-refractivity contribution in [2.24, 2.45) is 18.7 Å². The maximum atomic E-state index is 5.94. The molecule has 17 heavy (non-hydrogen) atoms. The molecule has 0 radical (unpaired) electrons. The van der Waals surface area contributed by atoms with Crippen LogP contribution in [0.25, 0.3) is 0 Å². The largest absolute Gasteiger partial charge is 0.477 e. The Bertz CT molecular complexity index is 367. The van der Waals surface area contributed by atoms with Crippen molar-refractivity contribution in [2.45, 2.75) is 45.6 Å². The van der Waals surface area contributed by atoms with Crippen LogP contribution in [-0.4, -0.2) is 16.4 Å². The third kappa shape index (κ3) is 2.80. The Morgan fingerprint density at radius 3 is 2.71 bits per heavy atom. The monoisotopic (exact) mass is 237 g/mol. The van der Waals surface area contributed by atoms with Gasteiger partial charge in [0.1, 0.15) is 0 Å². The van der Waals surface area contributed by atoms with E-state index in [0.29, 0.717) is 12.5 Å². The fourth-order valence-corrected chi connectivity index (χ4v) is 2.65. The number of rotatable bonds is 4. The fourth-order valence-electron chi connectivity index (χ4n) is 2.65. The number of ether oxygens (including phenoxy) is 1. The van der Waals surface area contributed by atoms with Crippen LogP contribution in [0, 0.1) is 12.8 Å². The molecule has 96 valence electrons. The maximum Gasteiger partial charge on any atom is 0.216 e. The number of hydrogen-bond acceptors (Lipinski definition) is 3. The third-order valence-electron chi connectivity index (χ3n) is 3.67. The van der Waals surface area contributed by atoms with Crippen LogP contribution in [0.2, 0.25) is 0 Å². The Hall–Kier alpha value is -1.03. The molecule has 0 amide bonds. The summed E-state index contributed by atoms with van der Waals surface area (Å²) in [5, 5.41) is 4.36. The molecule has 1 aromatic rings. The molecule has 0 aromatic carbocycles. The molecule has 1 heterocycles. The van der Waals surface area contributed by atoms with Gasteiger partial charge in [-0.25, -0.2) is 4.68 Å². The Balaban J connectivity index is 1.97. The van der Waals surface area contributed by atoms with Crippen molar-refractivity contribution in [3.05, 3.63) is 11.3 Å². The Morgan fingerprint density at radius 2 is 2.06 bits per heavy atom. The smallest absolute Gasteiger partial charge is 0.216 e. The van der Waals surface area contributed by atoms with Crippen LogP contribution in [0.5, 0.6) is 5.88 Å². The molecule has 0 atom stereocenters. The topological polar surface area (TPSA) is 53.1 Å². The zero-order valence-electron chi connectivity index (χ0n) is 10.9. The molecule has 4 heteroatoms. The molecule has 1 saturated carbocycles. The normalized spacial score (nSPS) is 17.4. The van der Waals surface area contributed by atoms with Crippen molar-refractivity contribution in [1.82, 2.24) is 9.78 Å². The van der Waals surface area contributed by atoms with Gasteiger partial charge in [-0.2, -0.15) is 5.10 Å². The summed E-state index contributed by atoms with van der Waals surface area (Å²) in [7, 11) is 1.92. The first-order chi connectivity index (χ1) is 8.22. The van der Waals surface area contributed by atoms with E-state index in [1.807, 2.05) is 14.0 Å². The Morgan fingerprint density at radius 1 is 1.35 bits per heavy atom. The average Bonchev–Trinajstić information content (AvgIpc) is 2.62. The van der Waals surface area contributed by atoms with Crippen molar-refractivity contribution in [3.63, 3.8) is 0 Å². The van der Waals surface area contributed by atoms with Gasteiger partial charge >= 0.3 is 0 Å². The Labute approximate surface area is 103 Å². The lowest BCUT2D eigenvalue weighted by molar-refractivity contribution is 0.195. The van der Waals surface area contributed by atoms with E-state index in [1.54, 1.807) is 4.68 Å². The average molecular weight is 237 g/mol. The minimum Gasteiger partial charge on any atom is -0.477 e. The summed E-state index contributed by atoms with van der Waals surface area (Å²) < 4.78 is 7.75. The summed E-state index contributed by atoms with van der Waals surface area (Å²) in [4.78, 5) is 0. The summed E-state index contributed by atoms with van der Waals surface area (Å²) in [6, 6.07) is 0. The van der Waals surface area contributed by atoms with E-state index in [4.69, 9.17) is 10.5 Å². The van der Waals surface area contributed by atoms with Crippen molar-refractivity contribution in [3.8, 4) is 5.88 Å². The van der Waals surface area contributed by atoms with Gasteiger partial charge in [-0.3, -0.25) is 0 Å². The molecule has 0 aliphatic heterocycles. The standard InChI is InChI=1S/C13H23N3O/c1-10-12(8-14)13(16(2)15-10)17-9-11-6-4-3-5-7-11/h11H,3-9,14H2,1-2H3. The van der Waals surface area contributed by atoms with Gasteiger partial charge < -0.3 is 10.5 Å². The molecule has 2 N–H and O–H groups in total. The molecule has 4 nitrogen and oxygen atoms in total. The van der Waals surface area contributed by atoms with Crippen LogP contribution in [0.3, 0.4) is 0 Å². The predicted molar refractivity (Wildman–Crippen MR) is 67.9 cm³/mol. The van der Waals surface area contributed by atoms with Gasteiger partial charge in [0.2, 0.25) is 5.88 Å². The number of aromatic nitrogens is 2. The van der Waals surface area contributed by atoms with E-state index in [9.17, 15) is 0 Å². The second-order valence-corrected chi connectivity index (χ2v) is 5.01. The molecule has 0 unspecified atom stereocenters. The van der Waals surface area contributed by atoms with Gasteiger partial charge in [0.25, 0.3) is 0 Å². The molecule has 0 bridgehead atoms. The summed E-state index contributed by atoms with van der Waals surface area (Å²) in [6.45, 7) is 3.29.